The maximum absolute atomic E-state index is 12.2. The van der Waals surface area contributed by atoms with Gasteiger partial charge >= 0.3 is 0 Å². The summed E-state index contributed by atoms with van der Waals surface area (Å²) in [4.78, 5) is 22.5. The summed E-state index contributed by atoms with van der Waals surface area (Å²) in [6.07, 6.45) is 1.47. The van der Waals surface area contributed by atoms with Crippen LogP contribution < -0.4 is 14.9 Å². The monoisotopic (exact) mass is 419 g/mol. The number of hydrogen-bond donors (Lipinski definition) is 1. The number of nitrogens with one attached hydrogen (secondary N) is 1. The van der Waals surface area contributed by atoms with E-state index in [1.54, 1.807) is 42.5 Å². The molecule has 0 bridgehead atoms. The molecule has 31 heavy (non-hydrogen) atoms. The lowest BCUT2D eigenvalue weighted by atomic mass is 10.1. The van der Waals surface area contributed by atoms with E-state index in [2.05, 4.69) is 10.5 Å². The lowest BCUT2D eigenvalue weighted by Gasteiger charge is -2.13. The Bertz CT molecular complexity index is 1090. The molecule has 8 heteroatoms. The fraction of sp³-hybridized carbons (Fsp3) is 0.130. The molecule has 158 valence electrons. The van der Waals surface area contributed by atoms with E-state index in [0.717, 1.165) is 11.1 Å². The average molecular weight is 419 g/mol. The van der Waals surface area contributed by atoms with Crippen molar-refractivity contribution >= 4 is 17.8 Å². The summed E-state index contributed by atoms with van der Waals surface area (Å²) >= 11 is 0. The number of non-ortho nitro benzene ring substituents is 1. The molecule has 3 rings (SSSR count). The third-order valence-electron chi connectivity index (χ3n) is 4.44. The molecule has 1 N–H and O–H groups in total. The van der Waals surface area contributed by atoms with Gasteiger partial charge in [-0.3, -0.25) is 14.9 Å². The van der Waals surface area contributed by atoms with Crippen LogP contribution in [0.5, 0.6) is 11.5 Å². The molecule has 0 saturated heterocycles. The predicted molar refractivity (Wildman–Crippen MR) is 117 cm³/mol. The number of carbonyl (C=O) groups is 1. The number of rotatable bonds is 8. The van der Waals surface area contributed by atoms with E-state index < -0.39 is 4.92 Å². The molecular formula is C23H21N3O5. The van der Waals surface area contributed by atoms with Crippen molar-refractivity contribution in [2.24, 2.45) is 5.10 Å². The van der Waals surface area contributed by atoms with Crippen LogP contribution in [0.25, 0.3) is 0 Å². The van der Waals surface area contributed by atoms with Crippen molar-refractivity contribution < 1.29 is 19.2 Å². The van der Waals surface area contributed by atoms with Crippen molar-refractivity contribution in [1.29, 1.82) is 0 Å². The summed E-state index contributed by atoms with van der Waals surface area (Å²) in [5.74, 6) is 0.611. The van der Waals surface area contributed by atoms with E-state index >= 15 is 0 Å². The zero-order chi connectivity index (χ0) is 22.2. The summed E-state index contributed by atoms with van der Waals surface area (Å²) in [6, 6.07) is 18.5. The molecular weight excluding hydrogens is 398 g/mol. The number of para-hydroxylation sites is 1. The van der Waals surface area contributed by atoms with E-state index in [0.29, 0.717) is 22.6 Å². The summed E-state index contributed by atoms with van der Waals surface area (Å²) in [7, 11) is 1.52. The Morgan fingerprint density at radius 1 is 1.10 bits per heavy atom. The Morgan fingerprint density at radius 2 is 1.81 bits per heavy atom. The minimum Gasteiger partial charge on any atom is -0.493 e. The van der Waals surface area contributed by atoms with Gasteiger partial charge in [0, 0.05) is 23.3 Å². The summed E-state index contributed by atoms with van der Waals surface area (Å²) in [5, 5.41) is 14.8. The fourth-order valence-electron chi connectivity index (χ4n) is 2.75. The lowest BCUT2D eigenvalue weighted by Crippen LogP contribution is -2.17. The van der Waals surface area contributed by atoms with Gasteiger partial charge in [0.2, 0.25) is 0 Å². The number of hydrogen-bond acceptors (Lipinski definition) is 6. The van der Waals surface area contributed by atoms with Crippen LogP contribution in [0.4, 0.5) is 5.69 Å². The van der Waals surface area contributed by atoms with Gasteiger partial charge in [0.15, 0.2) is 11.5 Å². The summed E-state index contributed by atoms with van der Waals surface area (Å²) in [6.45, 7) is 2.12. The highest BCUT2D eigenvalue weighted by atomic mass is 16.6. The lowest BCUT2D eigenvalue weighted by molar-refractivity contribution is -0.384. The molecule has 0 spiro atoms. The molecule has 0 aromatic heterocycles. The third kappa shape index (κ3) is 5.66. The molecule has 3 aromatic rings. The molecule has 0 radical (unpaired) electrons. The van der Waals surface area contributed by atoms with E-state index in [4.69, 9.17) is 9.47 Å². The van der Waals surface area contributed by atoms with Gasteiger partial charge in [0.25, 0.3) is 11.6 Å². The van der Waals surface area contributed by atoms with Crippen LogP contribution in [0.15, 0.2) is 71.8 Å². The molecule has 0 unspecified atom stereocenters. The number of benzene rings is 3. The molecule has 0 aliphatic rings. The van der Waals surface area contributed by atoms with Gasteiger partial charge in [0.1, 0.15) is 6.61 Å². The Hall–Kier alpha value is -4.20. The smallest absolute Gasteiger partial charge is 0.271 e. The summed E-state index contributed by atoms with van der Waals surface area (Å²) < 4.78 is 11.3. The average Bonchev–Trinajstić information content (AvgIpc) is 2.78. The normalized spacial score (nSPS) is 10.6. The maximum atomic E-state index is 12.2. The summed E-state index contributed by atoms with van der Waals surface area (Å²) in [5.41, 5.74) is 5.43. The van der Waals surface area contributed by atoms with Gasteiger partial charge in [-0.1, -0.05) is 23.8 Å². The first-order chi connectivity index (χ1) is 15.0. The van der Waals surface area contributed by atoms with Crippen LogP contribution in [0.1, 0.15) is 27.0 Å². The standard InChI is InChI=1S/C23H21N3O5/c1-16-6-10-18(11-7-16)23(27)25-24-14-19-4-3-5-21(30-2)22(19)31-15-17-8-12-20(13-9-17)26(28)29/h3-14H,15H2,1-2H3,(H,25,27)/b24-14+. The van der Waals surface area contributed by atoms with Crippen LogP contribution in [-0.4, -0.2) is 24.2 Å². The zero-order valence-electron chi connectivity index (χ0n) is 17.1. The Morgan fingerprint density at radius 3 is 2.45 bits per heavy atom. The third-order valence-corrected chi connectivity index (χ3v) is 4.44. The van der Waals surface area contributed by atoms with E-state index in [1.807, 2.05) is 19.1 Å². The van der Waals surface area contributed by atoms with Gasteiger partial charge in [0.05, 0.1) is 18.2 Å². The van der Waals surface area contributed by atoms with Gasteiger partial charge in [-0.2, -0.15) is 5.10 Å². The number of aryl methyl sites for hydroxylation is 1. The van der Waals surface area contributed by atoms with Gasteiger partial charge < -0.3 is 9.47 Å². The number of methoxy groups -OCH3 is 1. The van der Waals surface area contributed by atoms with Crippen LogP contribution in [0.3, 0.4) is 0 Å². The molecule has 0 aliphatic heterocycles. The van der Waals surface area contributed by atoms with Crippen molar-refractivity contribution in [3.8, 4) is 11.5 Å². The zero-order valence-corrected chi connectivity index (χ0v) is 17.1. The highest BCUT2D eigenvalue weighted by molar-refractivity contribution is 5.95. The SMILES string of the molecule is COc1cccc(/C=N/NC(=O)c2ccc(C)cc2)c1OCc1ccc([N+](=O)[O-])cc1. The fourth-order valence-corrected chi connectivity index (χ4v) is 2.75. The van der Waals surface area contributed by atoms with Crippen LogP contribution >= 0.6 is 0 Å². The number of ether oxygens (including phenoxy) is 2. The first-order valence-electron chi connectivity index (χ1n) is 9.41. The number of carbonyl (C=O) groups excluding carboxylic acids is 1. The van der Waals surface area contributed by atoms with Crippen molar-refractivity contribution in [1.82, 2.24) is 5.43 Å². The first-order valence-corrected chi connectivity index (χ1v) is 9.41. The number of hydrazone groups is 1. The van der Waals surface area contributed by atoms with Gasteiger partial charge in [-0.25, -0.2) is 5.43 Å². The number of amides is 1. The molecule has 0 fully saturated rings. The van der Waals surface area contributed by atoms with Crippen molar-refractivity contribution in [2.45, 2.75) is 13.5 Å². The second-order valence-corrected chi connectivity index (χ2v) is 6.66. The quantitative estimate of drug-likeness (QED) is 0.334. The Balaban J connectivity index is 1.72. The molecule has 0 aliphatic carbocycles. The minimum absolute atomic E-state index is 0.0122. The number of nitrogens with zero attached hydrogens (tertiary/aromatic N) is 2. The molecule has 8 nitrogen and oxygen atoms in total. The van der Waals surface area contributed by atoms with Gasteiger partial charge in [-0.05, 0) is 48.9 Å². The van der Waals surface area contributed by atoms with Gasteiger partial charge in [-0.15, -0.1) is 0 Å². The first kappa shape index (κ1) is 21.5. The molecule has 0 heterocycles. The van der Waals surface area contributed by atoms with E-state index in [9.17, 15) is 14.9 Å². The van der Waals surface area contributed by atoms with Crippen molar-refractivity contribution in [3.63, 3.8) is 0 Å². The topological polar surface area (TPSA) is 103 Å². The highest BCUT2D eigenvalue weighted by Gasteiger charge is 2.11. The Kier molecular flexibility index (Phi) is 6.95. The highest BCUT2D eigenvalue weighted by Crippen LogP contribution is 2.31. The second-order valence-electron chi connectivity index (χ2n) is 6.66. The van der Waals surface area contributed by atoms with E-state index in [-0.39, 0.29) is 18.2 Å². The number of nitro groups is 1. The Labute approximate surface area is 179 Å². The predicted octanol–water partition coefficient (Wildman–Crippen LogP) is 4.25. The van der Waals surface area contributed by atoms with Crippen molar-refractivity contribution in [3.05, 3.63) is 99.1 Å². The number of nitro benzene ring substituents is 1. The van der Waals surface area contributed by atoms with Crippen LogP contribution in [0, 0.1) is 17.0 Å². The van der Waals surface area contributed by atoms with Crippen molar-refractivity contribution in [2.75, 3.05) is 7.11 Å². The molecule has 3 aromatic carbocycles. The molecule has 1 amide bonds. The second kappa shape index (κ2) is 10.0. The van der Waals surface area contributed by atoms with Crippen LogP contribution in [-0.2, 0) is 6.61 Å². The van der Waals surface area contributed by atoms with E-state index in [1.165, 1.54) is 25.5 Å². The van der Waals surface area contributed by atoms with Crippen LogP contribution in [0.2, 0.25) is 0 Å². The minimum atomic E-state index is -0.454. The largest absolute Gasteiger partial charge is 0.493 e. The maximum Gasteiger partial charge on any atom is 0.271 e. The molecule has 0 saturated carbocycles. The molecule has 0 atom stereocenters.